The molecule has 0 aliphatic carbocycles. The van der Waals surface area contributed by atoms with Crippen molar-refractivity contribution in [2.75, 3.05) is 13.7 Å². The van der Waals surface area contributed by atoms with E-state index in [-0.39, 0.29) is 0 Å². The van der Waals surface area contributed by atoms with Gasteiger partial charge in [-0.15, -0.1) is 0 Å². The van der Waals surface area contributed by atoms with Crippen LogP contribution in [0.4, 0.5) is 0 Å². The first-order chi connectivity index (χ1) is 13.1. The van der Waals surface area contributed by atoms with Crippen LogP contribution in [0.5, 0.6) is 5.75 Å². The molecule has 0 aliphatic heterocycles. The number of hydrogen-bond donors (Lipinski definition) is 1. The van der Waals surface area contributed by atoms with Crippen molar-refractivity contribution in [1.29, 1.82) is 0 Å². The Hall–Kier alpha value is -2.44. The third kappa shape index (κ3) is 5.05. The third-order valence-electron chi connectivity index (χ3n) is 4.50. The van der Waals surface area contributed by atoms with E-state index >= 15 is 0 Å². The monoisotopic (exact) mass is 383 g/mol. The summed E-state index contributed by atoms with van der Waals surface area (Å²) in [7, 11) is 4.15. The zero-order chi connectivity index (χ0) is 19.2. The van der Waals surface area contributed by atoms with Crippen molar-refractivity contribution >= 4 is 12.2 Å². The SMILES string of the molecule is CCOc1ccc(C[NH+](C)Cn2nc(Cc3ccccc3)n(C)c2=S)cc1. The van der Waals surface area contributed by atoms with E-state index in [1.54, 1.807) is 0 Å². The van der Waals surface area contributed by atoms with Gasteiger partial charge in [-0.25, -0.2) is 0 Å². The summed E-state index contributed by atoms with van der Waals surface area (Å²) in [6, 6.07) is 18.6. The number of nitrogens with zero attached hydrogens (tertiary/aromatic N) is 3. The van der Waals surface area contributed by atoms with Crippen LogP contribution < -0.4 is 9.64 Å². The summed E-state index contributed by atoms with van der Waals surface area (Å²) in [6.45, 7) is 4.32. The quantitative estimate of drug-likeness (QED) is 0.608. The Bertz CT molecular complexity index is 916. The average Bonchev–Trinajstić information content (AvgIpc) is 2.92. The Balaban J connectivity index is 1.66. The molecule has 1 N–H and O–H groups in total. The van der Waals surface area contributed by atoms with Crippen LogP contribution in [0, 0.1) is 4.77 Å². The second kappa shape index (κ2) is 8.97. The van der Waals surface area contributed by atoms with E-state index in [2.05, 4.69) is 43.4 Å². The highest BCUT2D eigenvalue weighted by Crippen LogP contribution is 2.11. The predicted molar refractivity (Wildman–Crippen MR) is 109 cm³/mol. The lowest BCUT2D eigenvalue weighted by Crippen LogP contribution is -3.07. The smallest absolute Gasteiger partial charge is 0.202 e. The highest BCUT2D eigenvalue weighted by Gasteiger charge is 2.12. The Kier molecular flexibility index (Phi) is 6.42. The van der Waals surface area contributed by atoms with Gasteiger partial charge in [0.1, 0.15) is 18.1 Å². The molecule has 0 aliphatic rings. The number of hydrogen-bond acceptors (Lipinski definition) is 3. The highest BCUT2D eigenvalue weighted by atomic mass is 32.1. The van der Waals surface area contributed by atoms with Crippen LogP contribution in [0.3, 0.4) is 0 Å². The van der Waals surface area contributed by atoms with Crippen molar-refractivity contribution < 1.29 is 9.64 Å². The van der Waals surface area contributed by atoms with Crippen LogP contribution in [0.2, 0.25) is 0 Å². The molecule has 3 rings (SSSR count). The van der Waals surface area contributed by atoms with Gasteiger partial charge in [0.15, 0.2) is 6.67 Å². The zero-order valence-corrected chi connectivity index (χ0v) is 17.0. The second-order valence-corrected chi connectivity index (χ2v) is 7.15. The molecule has 6 heteroatoms. The lowest BCUT2D eigenvalue weighted by molar-refractivity contribution is -0.917. The summed E-state index contributed by atoms with van der Waals surface area (Å²) in [6.07, 6.45) is 0.784. The summed E-state index contributed by atoms with van der Waals surface area (Å²) in [4.78, 5) is 1.32. The molecule has 0 saturated heterocycles. The standard InChI is InChI=1S/C21H26N4OS/c1-4-26-19-12-10-18(11-13-19)15-23(2)16-25-21(27)24(3)20(22-25)14-17-8-6-5-7-9-17/h5-13H,4,14-16H2,1-3H3/p+1. The average molecular weight is 384 g/mol. The van der Waals surface area contributed by atoms with Gasteiger partial charge in [0.25, 0.3) is 0 Å². The van der Waals surface area contributed by atoms with Gasteiger partial charge < -0.3 is 14.2 Å². The summed E-state index contributed by atoms with van der Waals surface area (Å²) >= 11 is 5.59. The predicted octanol–water partition coefficient (Wildman–Crippen LogP) is 2.61. The summed E-state index contributed by atoms with van der Waals surface area (Å²) in [5.74, 6) is 1.90. The number of quaternary nitrogens is 1. The van der Waals surface area contributed by atoms with Crippen LogP contribution in [0.15, 0.2) is 54.6 Å². The third-order valence-corrected chi connectivity index (χ3v) is 4.98. The van der Waals surface area contributed by atoms with Gasteiger partial charge in [-0.05, 0) is 49.0 Å². The largest absolute Gasteiger partial charge is 0.494 e. The maximum Gasteiger partial charge on any atom is 0.202 e. The van der Waals surface area contributed by atoms with E-state index in [0.29, 0.717) is 6.61 Å². The molecule has 3 aromatic rings. The molecule has 0 saturated carbocycles. The summed E-state index contributed by atoms with van der Waals surface area (Å²) < 4.78 is 10.2. The second-order valence-electron chi connectivity index (χ2n) is 6.79. The van der Waals surface area contributed by atoms with Gasteiger partial charge in [-0.2, -0.15) is 9.78 Å². The fourth-order valence-electron chi connectivity index (χ4n) is 3.10. The minimum atomic E-state index is 0.688. The molecule has 0 fully saturated rings. The maximum absolute atomic E-state index is 5.59. The van der Waals surface area contributed by atoms with Crippen molar-refractivity contribution in [3.63, 3.8) is 0 Å². The minimum Gasteiger partial charge on any atom is -0.494 e. The summed E-state index contributed by atoms with van der Waals surface area (Å²) in [5.41, 5.74) is 2.51. The first kappa shape index (κ1) is 19.3. The molecule has 2 aromatic carbocycles. The van der Waals surface area contributed by atoms with Crippen LogP contribution >= 0.6 is 12.2 Å². The summed E-state index contributed by atoms with van der Waals surface area (Å²) in [5, 5.41) is 4.76. The van der Waals surface area contributed by atoms with Crippen molar-refractivity contribution in [3.8, 4) is 5.75 Å². The molecule has 27 heavy (non-hydrogen) atoms. The normalized spacial score (nSPS) is 12.1. The Morgan fingerprint density at radius 2 is 1.74 bits per heavy atom. The van der Waals surface area contributed by atoms with E-state index in [4.69, 9.17) is 22.1 Å². The lowest BCUT2D eigenvalue weighted by atomic mass is 10.1. The molecule has 1 unspecified atom stereocenters. The number of ether oxygens (including phenoxy) is 1. The molecule has 142 valence electrons. The van der Waals surface area contributed by atoms with Gasteiger partial charge in [0, 0.05) is 19.0 Å². The number of aromatic nitrogens is 3. The van der Waals surface area contributed by atoms with Crippen molar-refractivity contribution in [2.45, 2.75) is 26.6 Å². The van der Waals surface area contributed by atoms with Crippen LogP contribution in [-0.4, -0.2) is 28.0 Å². The van der Waals surface area contributed by atoms with Gasteiger partial charge in [-0.3, -0.25) is 0 Å². The topological polar surface area (TPSA) is 36.4 Å². The van der Waals surface area contributed by atoms with Crippen LogP contribution in [0.25, 0.3) is 0 Å². The molecule has 0 spiro atoms. The van der Waals surface area contributed by atoms with Crippen molar-refractivity contribution in [2.24, 2.45) is 7.05 Å². The minimum absolute atomic E-state index is 0.688. The Morgan fingerprint density at radius 3 is 2.41 bits per heavy atom. The lowest BCUT2D eigenvalue weighted by Gasteiger charge is -2.14. The first-order valence-electron chi connectivity index (χ1n) is 9.26. The van der Waals surface area contributed by atoms with Crippen molar-refractivity contribution in [3.05, 3.63) is 76.3 Å². The van der Waals surface area contributed by atoms with Gasteiger partial charge in [0.2, 0.25) is 4.77 Å². The van der Waals surface area contributed by atoms with E-state index in [1.807, 2.05) is 41.4 Å². The van der Waals surface area contributed by atoms with Crippen molar-refractivity contribution in [1.82, 2.24) is 14.3 Å². The molecule has 0 amide bonds. The molecule has 0 bridgehead atoms. The van der Waals surface area contributed by atoms with Gasteiger partial charge in [0.05, 0.1) is 13.7 Å². The number of benzene rings is 2. The Labute approximate surface area is 165 Å². The molecule has 0 radical (unpaired) electrons. The number of nitrogens with one attached hydrogen (secondary N) is 1. The van der Waals surface area contributed by atoms with Crippen LogP contribution in [0.1, 0.15) is 23.9 Å². The fraction of sp³-hybridized carbons (Fsp3) is 0.333. The molecule has 1 atom stereocenters. The van der Waals surface area contributed by atoms with E-state index in [1.165, 1.54) is 16.0 Å². The van der Waals surface area contributed by atoms with E-state index in [0.717, 1.165) is 36.0 Å². The fourth-order valence-corrected chi connectivity index (χ4v) is 3.31. The molecule has 5 nitrogen and oxygen atoms in total. The van der Waals surface area contributed by atoms with E-state index in [9.17, 15) is 0 Å². The maximum atomic E-state index is 5.59. The molecule has 1 heterocycles. The van der Waals surface area contributed by atoms with Gasteiger partial charge in [-0.1, -0.05) is 30.3 Å². The molecular formula is C21H27N4OS+. The Morgan fingerprint density at radius 1 is 1.04 bits per heavy atom. The van der Waals surface area contributed by atoms with E-state index < -0.39 is 0 Å². The van der Waals surface area contributed by atoms with Crippen LogP contribution in [-0.2, 0) is 26.7 Å². The van der Waals surface area contributed by atoms with Gasteiger partial charge >= 0.3 is 0 Å². The first-order valence-corrected chi connectivity index (χ1v) is 9.67. The molecule has 1 aromatic heterocycles. The highest BCUT2D eigenvalue weighted by molar-refractivity contribution is 7.71. The zero-order valence-electron chi connectivity index (χ0n) is 16.2. The molecular weight excluding hydrogens is 356 g/mol. The number of rotatable bonds is 8.